The second kappa shape index (κ2) is 9.67. The minimum atomic E-state index is -0.948. The maximum Gasteiger partial charge on any atom is 0.341 e. The second-order valence-corrected chi connectivity index (χ2v) is 8.31. The highest BCUT2D eigenvalue weighted by atomic mass is 16.6. The van der Waals surface area contributed by atoms with E-state index in [1.165, 1.54) is 6.20 Å². The molecular weight excluding hydrogens is 410 g/mol. The van der Waals surface area contributed by atoms with Gasteiger partial charge in [-0.2, -0.15) is 0 Å². The molecule has 0 radical (unpaired) electrons. The van der Waals surface area contributed by atoms with E-state index in [0.717, 1.165) is 5.75 Å². The van der Waals surface area contributed by atoms with Crippen molar-refractivity contribution in [2.75, 3.05) is 33.4 Å². The molecule has 0 bridgehead atoms. The number of hydrogen-bond donors (Lipinski definition) is 1. The van der Waals surface area contributed by atoms with Crippen LogP contribution in [0.5, 0.6) is 5.75 Å². The maximum absolute atomic E-state index is 13.5. The number of esters is 1. The lowest BCUT2D eigenvalue weighted by atomic mass is 9.87. The third-order valence-corrected chi connectivity index (χ3v) is 6.14. The SMILES string of the molecule is CN(CCOc1ccccc1)C1(C(=O)NC2(OC(=O)c3cccnc3)CC2)CCOCC1. The molecule has 170 valence electrons. The molecule has 2 fully saturated rings. The topological polar surface area (TPSA) is 90.0 Å². The average Bonchev–Trinajstić information content (AvgIpc) is 3.59. The number of carbonyl (C=O) groups is 2. The van der Waals surface area contributed by atoms with Crippen LogP contribution >= 0.6 is 0 Å². The number of likely N-dealkylation sites (N-methyl/N-ethyl adjacent to an activating group) is 1. The molecule has 1 aromatic heterocycles. The summed E-state index contributed by atoms with van der Waals surface area (Å²) in [4.78, 5) is 32.0. The third kappa shape index (κ3) is 5.08. The molecule has 1 saturated carbocycles. The van der Waals surface area contributed by atoms with Gasteiger partial charge in [-0.15, -0.1) is 0 Å². The van der Waals surface area contributed by atoms with Gasteiger partial charge < -0.3 is 19.5 Å². The highest BCUT2D eigenvalue weighted by Gasteiger charge is 2.53. The zero-order valence-corrected chi connectivity index (χ0v) is 18.3. The minimum absolute atomic E-state index is 0.139. The van der Waals surface area contributed by atoms with E-state index in [4.69, 9.17) is 14.2 Å². The zero-order valence-electron chi connectivity index (χ0n) is 18.3. The Balaban J connectivity index is 1.39. The van der Waals surface area contributed by atoms with Gasteiger partial charge in [0.15, 0.2) is 5.72 Å². The van der Waals surface area contributed by atoms with Crippen molar-refractivity contribution in [3.63, 3.8) is 0 Å². The first kappa shape index (κ1) is 22.2. The molecule has 32 heavy (non-hydrogen) atoms. The van der Waals surface area contributed by atoms with E-state index >= 15 is 0 Å². The van der Waals surface area contributed by atoms with Crippen molar-refractivity contribution in [1.82, 2.24) is 15.2 Å². The summed E-state index contributed by atoms with van der Waals surface area (Å²) in [5, 5.41) is 3.03. The summed E-state index contributed by atoms with van der Waals surface area (Å²) in [6.45, 7) is 2.03. The molecule has 2 aliphatic rings. The molecule has 2 heterocycles. The summed E-state index contributed by atoms with van der Waals surface area (Å²) >= 11 is 0. The van der Waals surface area contributed by atoms with Crippen molar-refractivity contribution in [3.8, 4) is 5.75 Å². The van der Waals surface area contributed by atoms with E-state index in [1.807, 2.05) is 42.3 Å². The molecule has 0 unspecified atom stereocenters. The Morgan fingerprint density at radius 3 is 2.50 bits per heavy atom. The molecule has 4 rings (SSSR count). The summed E-state index contributed by atoms with van der Waals surface area (Å²) in [5.41, 5.74) is -1.32. The van der Waals surface area contributed by atoms with E-state index in [1.54, 1.807) is 18.3 Å². The van der Waals surface area contributed by atoms with E-state index in [-0.39, 0.29) is 5.91 Å². The number of hydrogen-bond acceptors (Lipinski definition) is 7. The molecule has 8 heteroatoms. The number of aromatic nitrogens is 1. The molecule has 1 aromatic carbocycles. The molecule has 1 aliphatic heterocycles. The Morgan fingerprint density at radius 2 is 1.84 bits per heavy atom. The predicted molar refractivity (Wildman–Crippen MR) is 117 cm³/mol. The van der Waals surface area contributed by atoms with Crippen molar-refractivity contribution in [3.05, 3.63) is 60.4 Å². The molecule has 0 atom stereocenters. The lowest BCUT2D eigenvalue weighted by molar-refractivity contribution is -0.143. The second-order valence-electron chi connectivity index (χ2n) is 8.31. The Bertz CT molecular complexity index is 912. The van der Waals surface area contributed by atoms with Crippen LogP contribution in [-0.4, -0.2) is 66.4 Å². The maximum atomic E-state index is 13.5. The molecule has 2 aromatic rings. The standard InChI is InChI=1S/C24H29N3O5/c1-27(14-17-31-20-7-3-2-4-8-20)23(11-15-30-16-12-23)22(29)26-24(9-10-24)32-21(28)19-6-5-13-25-18-19/h2-8,13,18H,9-12,14-17H2,1H3,(H,26,29). The first-order valence-corrected chi connectivity index (χ1v) is 11.0. The van der Waals surface area contributed by atoms with E-state index in [9.17, 15) is 9.59 Å². The van der Waals surface area contributed by atoms with Gasteiger partial charge in [-0.25, -0.2) is 4.79 Å². The molecule has 1 saturated heterocycles. The van der Waals surface area contributed by atoms with Crippen LogP contribution in [0.25, 0.3) is 0 Å². The van der Waals surface area contributed by atoms with Gasteiger partial charge in [-0.1, -0.05) is 18.2 Å². The van der Waals surface area contributed by atoms with Gasteiger partial charge in [-0.05, 0) is 44.2 Å². The fourth-order valence-electron chi connectivity index (χ4n) is 3.93. The van der Waals surface area contributed by atoms with Crippen LogP contribution in [0.4, 0.5) is 0 Å². The Hall–Kier alpha value is -2.97. The fraction of sp³-hybridized carbons (Fsp3) is 0.458. The lowest BCUT2D eigenvalue weighted by Crippen LogP contribution is -2.63. The van der Waals surface area contributed by atoms with E-state index in [0.29, 0.717) is 57.6 Å². The number of nitrogens with one attached hydrogen (secondary N) is 1. The minimum Gasteiger partial charge on any atom is -0.492 e. The highest BCUT2D eigenvalue weighted by molar-refractivity contribution is 5.91. The molecule has 1 N–H and O–H groups in total. The van der Waals surface area contributed by atoms with Gasteiger partial charge in [0.1, 0.15) is 17.9 Å². The molecule has 8 nitrogen and oxygen atoms in total. The monoisotopic (exact) mass is 439 g/mol. The highest BCUT2D eigenvalue weighted by Crippen LogP contribution is 2.39. The van der Waals surface area contributed by atoms with Crippen LogP contribution in [0, 0.1) is 0 Å². The third-order valence-electron chi connectivity index (χ3n) is 6.14. The summed E-state index contributed by atoms with van der Waals surface area (Å²) in [7, 11) is 1.93. The van der Waals surface area contributed by atoms with Crippen molar-refractivity contribution in [2.24, 2.45) is 0 Å². The largest absolute Gasteiger partial charge is 0.492 e. The van der Waals surface area contributed by atoms with Crippen LogP contribution in [0.3, 0.4) is 0 Å². The smallest absolute Gasteiger partial charge is 0.341 e. The number of carbonyl (C=O) groups excluding carboxylic acids is 2. The van der Waals surface area contributed by atoms with E-state index in [2.05, 4.69) is 10.3 Å². The Morgan fingerprint density at radius 1 is 1.09 bits per heavy atom. The number of rotatable bonds is 9. The first-order chi connectivity index (χ1) is 15.5. The molecular formula is C24H29N3O5. The normalized spacial score (nSPS) is 18.6. The van der Waals surface area contributed by atoms with Gasteiger partial charge in [0, 0.05) is 45.0 Å². The number of nitrogens with zero attached hydrogens (tertiary/aromatic N) is 2. The number of para-hydroxylation sites is 1. The van der Waals surface area contributed by atoms with Crippen LogP contribution in [0.15, 0.2) is 54.9 Å². The van der Waals surface area contributed by atoms with Crippen molar-refractivity contribution in [1.29, 1.82) is 0 Å². The number of ether oxygens (including phenoxy) is 3. The summed E-state index contributed by atoms with van der Waals surface area (Å²) in [6, 6.07) is 12.9. The zero-order chi connectivity index (χ0) is 22.4. The van der Waals surface area contributed by atoms with Gasteiger partial charge in [0.25, 0.3) is 0 Å². The quantitative estimate of drug-likeness (QED) is 0.474. The Kier molecular flexibility index (Phi) is 6.72. The van der Waals surface area contributed by atoms with Gasteiger partial charge >= 0.3 is 5.97 Å². The summed E-state index contributed by atoms with van der Waals surface area (Å²) in [5.74, 6) is 0.173. The molecule has 1 amide bonds. The number of amides is 1. The lowest BCUT2D eigenvalue weighted by Gasteiger charge is -2.43. The van der Waals surface area contributed by atoms with Gasteiger partial charge in [-0.3, -0.25) is 14.7 Å². The van der Waals surface area contributed by atoms with E-state index < -0.39 is 17.2 Å². The molecule has 1 aliphatic carbocycles. The number of benzene rings is 1. The van der Waals surface area contributed by atoms with Gasteiger partial charge in [0.2, 0.25) is 5.91 Å². The first-order valence-electron chi connectivity index (χ1n) is 11.0. The predicted octanol–water partition coefficient (Wildman–Crippen LogP) is 2.40. The Labute approximate surface area is 187 Å². The van der Waals surface area contributed by atoms with Crippen molar-refractivity contribution < 1.29 is 23.8 Å². The van der Waals surface area contributed by atoms with Crippen LogP contribution < -0.4 is 10.1 Å². The van der Waals surface area contributed by atoms with Crippen LogP contribution in [-0.2, 0) is 14.3 Å². The average molecular weight is 440 g/mol. The van der Waals surface area contributed by atoms with Gasteiger partial charge in [0.05, 0.1) is 5.56 Å². The summed E-state index contributed by atoms with van der Waals surface area (Å²) < 4.78 is 17.0. The summed E-state index contributed by atoms with van der Waals surface area (Å²) in [6.07, 6.45) is 5.37. The number of pyridine rings is 1. The van der Waals surface area contributed by atoms with Crippen molar-refractivity contribution >= 4 is 11.9 Å². The van der Waals surface area contributed by atoms with Crippen LogP contribution in [0.1, 0.15) is 36.0 Å². The fourth-order valence-corrected chi connectivity index (χ4v) is 3.93. The molecule has 0 spiro atoms. The van der Waals surface area contributed by atoms with Crippen LogP contribution in [0.2, 0.25) is 0 Å². The van der Waals surface area contributed by atoms with Crippen molar-refractivity contribution in [2.45, 2.75) is 36.9 Å².